The summed E-state index contributed by atoms with van der Waals surface area (Å²) in [5, 5.41) is 0.000000000000000222. The van der Waals surface area contributed by atoms with Gasteiger partial charge in [-0.15, -0.1) is 12.4 Å². The van der Waals surface area contributed by atoms with E-state index in [1.165, 1.54) is 0 Å². The Morgan fingerprint density at radius 3 is 1.40 bits per heavy atom. The lowest BCUT2D eigenvalue weighted by Crippen LogP contribution is -2.18. The zero-order valence-electron chi connectivity index (χ0n) is 2.47. The van der Waals surface area contributed by atoms with E-state index < -0.39 is 0 Å². The van der Waals surface area contributed by atoms with Gasteiger partial charge >= 0.3 is 0 Å². The van der Waals surface area contributed by atoms with Crippen LogP contribution in [0.1, 0.15) is 0 Å². The summed E-state index contributed by atoms with van der Waals surface area (Å²) < 4.78 is 0. The molecule has 32 valence electrons. The molecule has 0 aliphatic carbocycles. The van der Waals surface area contributed by atoms with E-state index in [1.807, 2.05) is 0 Å². The van der Waals surface area contributed by atoms with Gasteiger partial charge in [-0.1, -0.05) is 0 Å². The van der Waals surface area contributed by atoms with Crippen LogP contribution < -0.4 is 11.5 Å². The van der Waals surface area contributed by atoms with Crippen molar-refractivity contribution in [1.82, 2.24) is 0 Å². The molecule has 0 aromatic carbocycles. The van der Waals surface area contributed by atoms with Gasteiger partial charge in [-0.2, -0.15) is 0 Å². The highest BCUT2D eigenvalue weighted by Crippen LogP contribution is 1.32. The minimum Gasteiger partial charge on any atom is -0.377 e. The van der Waals surface area contributed by atoms with Crippen LogP contribution in [-0.4, -0.2) is 5.11 Å². The highest BCUT2D eigenvalue weighted by molar-refractivity contribution is 7.80. The van der Waals surface area contributed by atoms with E-state index in [4.69, 9.17) is 0 Å². The minimum absolute atomic E-state index is 0. The summed E-state index contributed by atoms with van der Waals surface area (Å²) in [7, 11) is 0. The van der Waals surface area contributed by atoms with E-state index in [0.29, 0.717) is 0 Å². The zero-order chi connectivity index (χ0) is 3.58. The number of hydrogen-bond acceptors (Lipinski definition) is 1. The predicted molar refractivity (Wildman–Crippen MR) is 28.2 cm³/mol. The van der Waals surface area contributed by atoms with Gasteiger partial charge in [0.05, 0.1) is 0 Å². The third kappa shape index (κ3) is 39000. The molecule has 4 heteroatoms. The average Bonchev–Trinajstić information content (AvgIpc) is 0.811. The maximum atomic E-state index is 4.62. The Kier molecular flexibility index (Phi) is 7.07. The maximum absolute atomic E-state index is 4.62. The molecular weight excluding hydrogens is 108 g/mol. The van der Waals surface area contributed by atoms with E-state index in [0.717, 1.165) is 0 Å². The minimum atomic E-state index is 0. The molecule has 0 saturated heterocycles. The molecule has 0 aromatic heterocycles. The highest BCUT2D eigenvalue weighted by Gasteiger charge is 1.53. The lowest BCUT2D eigenvalue weighted by molar-refractivity contribution is 1.65. The van der Waals surface area contributed by atoms with E-state index in [9.17, 15) is 0 Å². The first-order chi connectivity index (χ1) is 1.73. The van der Waals surface area contributed by atoms with Gasteiger partial charge < -0.3 is 11.5 Å². The van der Waals surface area contributed by atoms with Crippen molar-refractivity contribution in [3.63, 3.8) is 0 Å². The van der Waals surface area contributed by atoms with E-state index in [2.05, 4.69) is 23.7 Å². The normalized spacial score (nSPS) is 4.80. The van der Waals surface area contributed by atoms with Crippen LogP contribution in [0.3, 0.4) is 0 Å². The molecule has 0 unspecified atom stereocenters. The van der Waals surface area contributed by atoms with Gasteiger partial charge in [0.25, 0.3) is 0 Å². The van der Waals surface area contributed by atoms with Crippen LogP contribution >= 0.6 is 24.6 Å². The molecule has 5 heavy (non-hydrogen) atoms. The third-order valence-corrected chi connectivity index (χ3v) is 0. The van der Waals surface area contributed by atoms with Gasteiger partial charge in [0.2, 0.25) is 0 Å². The topological polar surface area (TPSA) is 52.0 Å². The summed E-state index contributed by atoms with van der Waals surface area (Å²) in [6.45, 7) is 0. The number of halogens is 1. The molecule has 0 aliphatic rings. The number of hydrogen-bond donors (Lipinski definition) is 2. The van der Waals surface area contributed by atoms with Crippen LogP contribution in [0.2, 0.25) is 0 Å². The van der Waals surface area contributed by atoms with E-state index >= 15 is 0 Å². The first-order valence-electron chi connectivity index (χ1n) is 0.781. The third-order valence-electron chi connectivity index (χ3n) is 0. The summed E-state index contributed by atoms with van der Waals surface area (Å²) in [5.74, 6) is 0. The van der Waals surface area contributed by atoms with Crippen molar-refractivity contribution in [2.24, 2.45) is 11.5 Å². The average molecular weight is 113 g/mol. The van der Waals surface area contributed by atoms with Crippen LogP contribution in [-0.2, 0) is 0 Å². The standard InChI is InChI=1S/CH4N2S.ClH/c2-1(3)4;/h(H4,2,3,4);1H. The van der Waals surface area contributed by atoms with Gasteiger partial charge in [-0.25, -0.2) is 0 Å². The molecule has 0 aromatic rings. The van der Waals surface area contributed by atoms with Gasteiger partial charge in [-0.3, -0.25) is 0 Å². The molecule has 0 saturated carbocycles. The van der Waals surface area contributed by atoms with Gasteiger partial charge in [0.1, 0.15) is 0 Å². The lowest BCUT2D eigenvalue weighted by atomic mass is 11.3. The van der Waals surface area contributed by atoms with Crippen molar-refractivity contribution in [2.75, 3.05) is 0 Å². The number of thiocarbonyl (C=S) groups is 1. The van der Waals surface area contributed by atoms with Crippen LogP contribution in [0.15, 0.2) is 0 Å². The van der Waals surface area contributed by atoms with Gasteiger partial charge in [-0.05, 0) is 12.2 Å². The Labute approximate surface area is 41.9 Å². The first kappa shape index (κ1) is 8.88. The van der Waals surface area contributed by atoms with Crippen LogP contribution in [0, 0.1) is 0 Å². The lowest BCUT2D eigenvalue weighted by Gasteiger charge is -1.68. The summed E-state index contributed by atoms with van der Waals surface area (Å²) in [4.78, 5) is 0. The second-order valence-electron chi connectivity index (χ2n) is 0.402. The molecule has 0 radical (unpaired) electrons. The van der Waals surface area contributed by atoms with Gasteiger partial charge in [0, 0.05) is 0 Å². The van der Waals surface area contributed by atoms with Crippen molar-refractivity contribution in [1.29, 1.82) is 0 Å². The largest absolute Gasteiger partial charge is 0.377 e. The molecule has 4 N–H and O–H groups in total. The Hall–Kier alpha value is -0.0200. The number of rotatable bonds is 0. The van der Waals surface area contributed by atoms with Crippen molar-refractivity contribution in [3.05, 3.63) is 0 Å². The molecule has 0 rings (SSSR count). The SMILES string of the molecule is Cl.NC(N)=S. The fourth-order valence-electron chi connectivity index (χ4n) is 0. The predicted octanol–water partition coefficient (Wildman–Crippen LogP) is -0.389. The van der Waals surface area contributed by atoms with Crippen molar-refractivity contribution < 1.29 is 0 Å². The molecular formula is CH5ClN2S. The zero-order valence-corrected chi connectivity index (χ0v) is 4.10. The molecule has 2 nitrogen and oxygen atoms in total. The van der Waals surface area contributed by atoms with Crippen molar-refractivity contribution in [3.8, 4) is 0 Å². The Morgan fingerprint density at radius 2 is 1.40 bits per heavy atom. The smallest absolute Gasteiger partial charge is 0.160 e. The molecule has 0 heterocycles. The quantitative estimate of drug-likeness (QED) is 0.420. The van der Waals surface area contributed by atoms with Gasteiger partial charge in [0.15, 0.2) is 5.11 Å². The molecule has 0 fully saturated rings. The summed E-state index contributed by atoms with van der Waals surface area (Å²) in [6.07, 6.45) is 0. The molecule has 0 atom stereocenters. The van der Waals surface area contributed by atoms with E-state index in [-0.39, 0.29) is 17.5 Å². The van der Waals surface area contributed by atoms with Crippen molar-refractivity contribution in [2.45, 2.75) is 0 Å². The first-order valence-corrected chi connectivity index (χ1v) is 1.19. The van der Waals surface area contributed by atoms with Crippen LogP contribution in [0.25, 0.3) is 0 Å². The van der Waals surface area contributed by atoms with Crippen LogP contribution in [0.5, 0.6) is 0 Å². The molecule has 0 spiro atoms. The van der Waals surface area contributed by atoms with E-state index in [1.54, 1.807) is 0 Å². The fourth-order valence-corrected chi connectivity index (χ4v) is 0. The van der Waals surface area contributed by atoms with Crippen molar-refractivity contribution >= 4 is 29.7 Å². The summed E-state index contributed by atoms with van der Waals surface area (Å²) in [5.41, 5.74) is 9.24. The Balaban J connectivity index is 0. The fraction of sp³-hybridized carbons (Fsp3) is 0. The van der Waals surface area contributed by atoms with Crippen LogP contribution in [0.4, 0.5) is 0 Å². The molecule has 0 aliphatic heterocycles. The second-order valence-corrected chi connectivity index (χ2v) is 0.874. The highest BCUT2D eigenvalue weighted by atomic mass is 35.5. The number of nitrogens with two attached hydrogens (primary N) is 2. The maximum Gasteiger partial charge on any atom is 0.160 e. The summed E-state index contributed by atoms with van der Waals surface area (Å²) in [6, 6.07) is 0. The Bertz CT molecular complexity index is 32.6. The second kappa shape index (κ2) is 3.98. The Morgan fingerprint density at radius 1 is 1.40 bits per heavy atom. The summed E-state index contributed by atoms with van der Waals surface area (Å²) >= 11 is 4.09. The molecule has 0 bridgehead atoms. The monoisotopic (exact) mass is 112 g/mol. The molecule has 0 amide bonds.